The van der Waals surface area contributed by atoms with Crippen molar-refractivity contribution >= 4 is 23.4 Å². The Kier molecular flexibility index (Phi) is 6.33. The quantitative estimate of drug-likeness (QED) is 0.556. The molecule has 0 aromatic heterocycles. The number of Topliss-reactive ketones (excluding diaryl/α,β-unsaturated/α-hetero) is 1. The Morgan fingerprint density at radius 2 is 1.83 bits per heavy atom. The summed E-state index contributed by atoms with van der Waals surface area (Å²) < 4.78 is 0. The monoisotopic (exact) mass is 500 g/mol. The summed E-state index contributed by atoms with van der Waals surface area (Å²) in [5.41, 5.74) is 0.824. The van der Waals surface area contributed by atoms with Crippen LogP contribution in [0.2, 0.25) is 0 Å². The third-order valence-electron chi connectivity index (χ3n) is 10.9. The second kappa shape index (κ2) is 8.96. The topological polar surface area (TPSA) is 117 Å². The minimum Gasteiger partial charge on any atom is -0.480 e. The van der Waals surface area contributed by atoms with Crippen molar-refractivity contribution in [3.8, 4) is 0 Å². The molecule has 5 aliphatic rings. The molecule has 0 aromatic carbocycles. The van der Waals surface area contributed by atoms with Crippen LogP contribution in [0.4, 0.5) is 0 Å². The normalized spacial score (nSPS) is 42.8. The first-order valence-corrected chi connectivity index (χ1v) is 13.7. The number of allylic oxidation sites excluding steroid dienone is 2. The third-order valence-corrected chi connectivity index (χ3v) is 10.9. The van der Waals surface area contributed by atoms with E-state index in [0.717, 1.165) is 50.7 Å². The number of carbonyl (C=O) groups excluding carboxylic acids is 2. The second-order valence-corrected chi connectivity index (χ2v) is 12.4. The first kappa shape index (κ1) is 25.4. The maximum absolute atomic E-state index is 12.5. The van der Waals surface area contributed by atoms with Crippen molar-refractivity contribution in [2.45, 2.75) is 96.6 Å². The number of fused-ring (bicyclic) bond motifs is 5. The number of likely N-dealkylation sites (tertiary alicyclic amines) is 1. The third kappa shape index (κ3) is 3.74. The van der Waals surface area contributed by atoms with Gasteiger partial charge in [-0.25, -0.2) is 4.79 Å². The van der Waals surface area contributed by atoms with Gasteiger partial charge in [-0.2, -0.15) is 0 Å². The van der Waals surface area contributed by atoms with E-state index in [1.807, 2.05) is 0 Å². The first-order valence-electron chi connectivity index (χ1n) is 13.7. The zero-order valence-electron chi connectivity index (χ0n) is 21.8. The molecule has 2 N–H and O–H groups in total. The van der Waals surface area contributed by atoms with Crippen molar-refractivity contribution in [2.75, 3.05) is 13.2 Å². The van der Waals surface area contributed by atoms with Crippen LogP contribution in [0.3, 0.4) is 0 Å². The van der Waals surface area contributed by atoms with Crippen molar-refractivity contribution in [1.29, 1.82) is 0 Å². The van der Waals surface area contributed by atoms with Crippen molar-refractivity contribution in [2.24, 2.45) is 33.7 Å². The van der Waals surface area contributed by atoms with Gasteiger partial charge in [-0.3, -0.25) is 9.59 Å². The number of aliphatic carboxylic acids is 1. The number of carbonyl (C=O) groups is 3. The van der Waals surface area contributed by atoms with Gasteiger partial charge >= 0.3 is 5.97 Å². The molecule has 4 fully saturated rings. The Labute approximate surface area is 213 Å². The molecule has 8 nitrogen and oxygen atoms in total. The summed E-state index contributed by atoms with van der Waals surface area (Å²) in [6.45, 7) is 6.30. The van der Waals surface area contributed by atoms with E-state index in [2.05, 4.69) is 25.1 Å². The van der Waals surface area contributed by atoms with E-state index in [1.165, 1.54) is 10.5 Å². The van der Waals surface area contributed by atoms with E-state index in [-0.39, 0.29) is 29.1 Å². The van der Waals surface area contributed by atoms with Crippen molar-refractivity contribution in [1.82, 2.24) is 4.90 Å². The standard InChI is InChI=1S/C28H40N2O6/c1-17(31)28(35)13-10-22-20-7-6-18-15-19(8-11-26(18,2)21(20)9-12-27(22,28)3)29-36-16-24(32)30-14-4-5-23(30)25(33)34/h15,20-23,35H,4-14,16H2,1-3H3,(H,33,34)/t20-,21+,22+,23?,26+,27+,28+/m1/s1. The number of aliphatic hydroxyl groups is 1. The average molecular weight is 501 g/mol. The summed E-state index contributed by atoms with van der Waals surface area (Å²) in [4.78, 5) is 43.0. The Morgan fingerprint density at radius 1 is 1.08 bits per heavy atom. The predicted octanol–water partition coefficient (Wildman–Crippen LogP) is 3.72. The molecule has 5 rings (SSSR count). The number of ketones is 1. The number of amides is 1. The number of oxime groups is 1. The highest BCUT2D eigenvalue weighted by Gasteiger charge is 2.65. The summed E-state index contributed by atoms with van der Waals surface area (Å²) in [5.74, 6) is 0.0734. The summed E-state index contributed by atoms with van der Waals surface area (Å²) in [5, 5.41) is 24.9. The Hall–Kier alpha value is -2.22. The summed E-state index contributed by atoms with van der Waals surface area (Å²) in [6, 6.07) is -0.759. The Balaban J connectivity index is 1.26. The van der Waals surface area contributed by atoms with Crippen molar-refractivity contribution in [3.05, 3.63) is 11.6 Å². The number of hydrogen-bond donors (Lipinski definition) is 2. The predicted molar refractivity (Wildman–Crippen MR) is 133 cm³/mol. The van der Waals surface area contributed by atoms with Gasteiger partial charge in [0.25, 0.3) is 5.91 Å². The second-order valence-electron chi connectivity index (χ2n) is 12.4. The largest absolute Gasteiger partial charge is 0.480 e. The van der Waals surface area contributed by atoms with Crippen LogP contribution >= 0.6 is 0 Å². The summed E-state index contributed by atoms with van der Waals surface area (Å²) in [7, 11) is 0. The molecular weight excluding hydrogens is 460 g/mol. The molecule has 0 bridgehead atoms. The van der Waals surface area contributed by atoms with E-state index in [9.17, 15) is 24.6 Å². The minimum absolute atomic E-state index is 0.0752. The lowest BCUT2D eigenvalue weighted by atomic mass is 9.46. The number of rotatable bonds is 5. The van der Waals surface area contributed by atoms with Gasteiger partial charge in [0.1, 0.15) is 11.6 Å². The number of hydrogen-bond acceptors (Lipinski definition) is 6. The maximum Gasteiger partial charge on any atom is 0.326 e. The smallest absolute Gasteiger partial charge is 0.326 e. The molecule has 0 aromatic rings. The van der Waals surface area contributed by atoms with E-state index in [0.29, 0.717) is 43.6 Å². The first-order chi connectivity index (χ1) is 17.0. The molecule has 7 atom stereocenters. The molecule has 0 radical (unpaired) electrons. The van der Waals surface area contributed by atoms with Crippen LogP contribution in [0.15, 0.2) is 16.8 Å². The molecule has 36 heavy (non-hydrogen) atoms. The summed E-state index contributed by atoms with van der Waals surface area (Å²) >= 11 is 0. The lowest BCUT2D eigenvalue weighted by Crippen LogP contribution is -2.57. The molecule has 1 amide bonds. The molecule has 4 aliphatic carbocycles. The lowest BCUT2D eigenvalue weighted by Gasteiger charge is -2.59. The van der Waals surface area contributed by atoms with Gasteiger partial charge in [0.15, 0.2) is 12.4 Å². The highest BCUT2D eigenvalue weighted by Crippen LogP contribution is 2.67. The van der Waals surface area contributed by atoms with Gasteiger partial charge in [-0.1, -0.05) is 24.6 Å². The fourth-order valence-electron chi connectivity index (χ4n) is 8.81. The molecular formula is C28H40N2O6. The Morgan fingerprint density at radius 3 is 2.56 bits per heavy atom. The van der Waals surface area contributed by atoms with Crippen molar-refractivity contribution < 1.29 is 29.4 Å². The van der Waals surface area contributed by atoms with Gasteiger partial charge in [0.2, 0.25) is 0 Å². The fraction of sp³-hybridized carbons (Fsp3) is 0.786. The van der Waals surface area contributed by atoms with Crippen LogP contribution in [-0.2, 0) is 19.2 Å². The number of carboxylic acids is 1. The molecule has 3 saturated carbocycles. The van der Waals surface area contributed by atoms with E-state index < -0.39 is 17.6 Å². The van der Waals surface area contributed by atoms with E-state index in [1.54, 1.807) is 6.92 Å². The van der Waals surface area contributed by atoms with Gasteiger partial charge in [-0.15, -0.1) is 0 Å². The molecule has 1 aliphatic heterocycles. The highest BCUT2D eigenvalue weighted by atomic mass is 16.6. The molecule has 1 heterocycles. The zero-order valence-corrected chi connectivity index (χ0v) is 21.8. The lowest BCUT2D eigenvalue weighted by molar-refractivity contribution is -0.159. The maximum atomic E-state index is 12.5. The minimum atomic E-state index is -1.18. The Bertz CT molecular complexity index is 1020. The fourth-order valence-corrected chi connectivity index (χ4v) is 8.81. The van der Waals surface area contributed by atoms with Crippen LogP contribution in [0, 0.1) is 28.6 Å². The highest BCUT2D eigenvalue weighted by molar-refractivity contribution is 5.96. The SMILES string of the molecule is CC(=O)[C@@]1(O)CC[C@H]2[C@@H]3CCC4=CC(=NOCC(=O)N5CCCC5C(=O)O)CC[C@]4(C)[C@H]3CC[C@@]21C. The molecule has 8 heteroatoms. The summed E-state index contributed by atoms with van der Waals surface area (Å²) in [6.07, 6.45) is 10.6. The molecule has 198 valence electrons. The number of carboxylic acid groups (broad SMARTS) is 1. The van der Waals surface area contributed by atoms with Crippen LogP contribution < -0.4 is 0 Å². The van der Waals surface area contributed by atoms with Crippen LogP contribution in [-0.4, -0.2) is 63.3 Å². The molecule has 1 unspecified atom stereocenters. The average Bonchev–Trinajstić information content (AvgIpc) is 3.43. The zero-order chi connectivity index (χ0) is 25.9. The van der Waals surface area contributed by atoms with E-state index in [4.69, 9.17) is 4.84 Å². The van der Waals surface area contributed by atoms with Crippen LogP contribution in [0.5, 0.6) is 0 Å². The van der Waals surface area contributed by atoms with Crippen LogP contribution in [0.25, 0.3) is 0 Å². The van der Waals surface area contributed by atoms with Gasteiger partial charge < -0.3 is 20.0 Å². The van der Waals surface area contributed by atoms with E-state index >= 15 is 0 Å². The molecule has 0 spiro atoms. The van der Waals surface area contributed by atoms with Gasteiger partial charge in [0.05, 0.1) is 5.71 Å². The number of nitrogens with zero attached hydrogens (tertiary/aromatic N) is 2. The van der Waals surface area contributed by atoms with Crippen molar-refractivity contribution in [3.63, 3.8) is 0 Å². The molecule has 1 saturated heterocycles. The van der Waals surface area contributed by atoms with Gasteiger partial charge in [0, 0.05) is 12.0 Å². The van der Waals surface area contributed by atoms with Crippen LogP contribution in [0.1, 0.15) is 85.0 Å². The van der Waals surface area contributed by atoms with Gasteiger partial charge in [-0.05, 0) is 100 Å².